The number of esters is 5. The zero-order chi connectivity index (χ0) is 39.0. The minimum absolute atomic E-state index is 0.00577. The molecule has 1 spiro atoms. The van der Waals surface area contributed by atoms with E-state index in [-0.39, 0.29) is 36.3 Å². The molecule has 0 aromatic heterocycles. The molecule has 4 aliphatic rings. The van der Waals surface area contributed by atoms with Gasteiger partial charge in [0.2, 0.25) is 12.2 Å². The maximum atomic E-state index is 14.0. The third kappa shape index (κ3) is 7.56. The topological polar surface area (TPSA) is 200 Å². The second kappa shape index (κ2) is 15.0. The number of likely N-dealkylation sites (N-methyl/N-ethyl adjacent to an activating group) is 1. The zero-order valence-corrected chi connectivity index (χ0v) is 31.2. The lowest BCUT2D eigenvalue weighted by molar-refractivity contribution is -0.195. The van der Waals surface area contributed by atoms with Crippen molar-refractivity contribution in [3.05, 3.63) is 35.1 Å². The molecule has 0 radical (unpaired) electrons. The molecule has 290 valence electrons. The van der Waals surface area contributed by atoms with Crippen LogP contribution in [0, 0.1) is 0 Å². The van der Waals surface area contributed by atoms with Gasteiger partial charge in [0.15, 0.2) is 23.7 Å². The third-order valence-electron chi connectivity index (χ3n) is 9.83. The number of unbranched alkanes of at least 4 members (excludes halogenated alkanes) is 1. The van der Waals surface area contributed by atoms with Crippen molar-refractivity contribution in [1.29, 1.82) is 0 Å². The van der Waals surface area contributed by atoms with E-state index in [9.17, 15) is 33.9 Å². The second-order valence-corrected chi connectivity index (χ2v) is 14.7. The average Bonchev–Trinajstić information content (AvgIpc) is 3.41. The lowest BCUT2D eigenvalue weighted by atomic mass is 9.50. The Labute approximate surface area is 306 Å². The third-order valence-corrected chi connectivity index (χ3v) is 9.83. The van der Waals surface area contributed by atoms with Crippen LogP contribution < -0.4 is 9.47 Å². The Kier molecular flexibility index (Phi) is 11.2. The molecule has 16 heteroatoms. The van der Waals surface area contributed by atoms with Gasteiger partial charge in [0, 0.05) is 31.9 Å². The van der Waals surface area contributed by atoms with E-state index in [0.717, 1.165) is 25.8 Å². The first-order valence-corrected chi connectivity index (χ1v) is 17.6. The molecule has 1 N–H and O–H groups in total. The molecule has 2 aliphatic heterocycles. The summed E-state index contributed by atoms with van der Waals surface area (Å²) in [6, 6.07) is 3.02. The van der Waals surface area contributed by atoms with Crippen molar-refractivity contribution in [3.8, 4) is 11.5 Å². The Hall–Kier alpha value is -4.70. The Bertz CT molecular complexity index is 1700. The number of rotatable bonds is 12. The van der Waals surface area contributed by atoms with Crippen LogP contribution in [0.25, 0.3) is 0 Å². The summed E-state index contributed by atoms with van der Waals surface area (Å²) in [5.41, 5.74) is -2.02. The van der Waals surface area contributed by atoms with Crippen LogP contribution in [0.4, 0.5) is 4.79 Å². The number of hydrogen-bond acceptors (Lipinski definition) is 16. The number of likely N-dealkylation sites (tertiary alicyclic amines) is 1. The van der Waals surface area contributed by atoms with Gasteiger partial charge < -0.3 is 47.9 Å². The van der Waals surface area contributed by atoms with Crippen LogP contribution in [0.2, 0.25) is 0 Å². The molecular formula is C37H47NO15. The number of carbonyl (C=O) groups is 6. The molecule has 2 heterocycles. The number of piperidine rings is 1. The van der Waals surface area contributed by atoms with E-state index >= 15 is 0 Å². The number of carbonyl (C=O) groups excluding carboxylic acids is 6. The van der Waals surface area contributed by atoms with Gasteiger partial charge >= 0.3 is 36.0 Å². The number of nitrogens with zero attached hydrogens (tertiary/aromatic N) is 1. The largest absolute Gasteiger partial charge is 0.514 e. The summed E-state index contributed by atoms with van der Waals surface area (Å²) in [7, 11) is 1.91. The molecule has 1 aromatic carbocycles. The molecule has 0 saturated carbocycles. The first kappa shape index (κ1) is 39.5. The van der Waals surface area contributed by atoms with Gasteiger partial charge in [0.05, 0.1) is 17.6 Å². The Balaban J connectivity index is 1.48. The van der Waals surface area contributed by atoms with E-state index in [1.54, 1.807) is 32.9 Å². The molecule has 53 heavy (non-hydrogen) atoms. The summed E-state index contributed by atoms with van der Waals surface area (Å²) < 4.78 is 43.9. The van der Waals surface area contributed by atoms with Crippen molar-refractivity contribution < 1.29 is 71.8 Å². The summed E-state index contributed by atoms with van der Waals surface area (Å²) in [4.78, 5) is 79.0. The summed E-state index contributed by atoms with van der Waals surface area (Å²) in [6.07, 6.45) is -4.37. The quantitative estimate of drug-likeness (QED) is 0.142. The first-order valence-electron chi connectivity index (χ1n) is 17.6. The van der Waals surface area contributed by atoms with Gasteiger partial charge in [0.25, 0.3) is 0 Å². The highest BCUT2D eigenvalue weighted by atomic mass is 16.7. The summed E-state index contributed by atoms with van der Waals surface area (Å²) in [5.74, 6) is -5.54. The lowest BCUT2D eigenvalue weighted by Crippen LogP contribution is -2.74. The first-order chi connectivity index (χ1) is 24.8. The van der Waals surface area contributed by atoms with Gasteiger partial charge in [-0.05, 0) is 78.3 Å². The molecule has 16 nitrogen and oxygen atoms in total. The number of benzene rings is 1. The summed E-state index contributed by atoms with van der Waals surface area (Å²) in [6.45, 7) is 10.7. The van der Waals surface area contributed by atoms with Gasteiger partial charge in [-0.25, -0.2) is 19.2 Å². The summed E-state index contributed by atoms with van der Waals surface area (Å²) in [5, 5.41) is 12.6. The monoisotopic (exact) mass is 745 g/mol. The smallest absolute Gasteiger partial charge is 0.477 e. The zero-order valence-electron chi connectivity index (χ0n) is 31.2. The van der Waals surface area contributed by atoms with Crippen molar-refractivity contribution in [2.75, 3.05) is 20.2 Å². The summed E-state index contributed by atoms with van der Waals surface area (Å²) >= 11 is 0. The van der Waals surface area contributed by atoms with Gasteiger partial charge in [-0.15, -0.1) is 0 Å². The normalized spacial score (nSPS) is 25.6. The van der Waals surface area contributed by atoms with Crippen molar-refractivity contribution >= 4 is 36.0 Å². The van der Waals surface area contributed by atoms with Crippen LogP contribution in [0.3, 0.4) is 0 Å². The Morgan fingerprint density at radius 3 is 2.26 bits per heavy atom. The highest BCUT2D eigenvalue weighted by molar-refractivity contribution is 5.90. The van der Waals surface area contributed by atoms with Gasteiger partial charge in [-0.3, -0.25) is 9.59 Å². The van der Waals surface area contributed by atoms with E-state index in [0.29, 0.717) is 31.4 Å². The minimum Gasteiger partial charge on any atom is -0.477 e. The number of aliphatic hydroxyl groups is 1. The van der Waals surface area contributed by atoms with Crippen molar-refractivity contribution in [2.45, 2.75) is 128 Å². The van der Waals surface area contributed by atoms with Crippen LogP contribution in [-0.4, -0.2) is 108 Å². The Morgan fingerprint density at radius 1 is 0.981 bits per heavy atom. The molecule has 0 amide bonds. The van der Waals surface area contributed by atoms with Crippen LogP contribution in [0.5, 0.6) is 11.5 Å². The lowest BCUT2D eigenvalue weighted by Gasteiger charge is -2.61. The maximum Gasteiger partial charge on any atom is 0.514 e. The highest BCUT2D eigenvalue weighted by Crippen LogP contribution is 2.65. The average molecular weight is 746 g/mol. The molecule has 0 unspecified atom stereocenters. The predicted molar refractivity (Wildman–Crippen MR) is 180 cm³/mol. The van der Waals surface area contributed by atoms with E-state index in [1.807, 2.05) is 14.0 Å². The molecular weight excluding hydrogens is 698 g/mol. The van der Waals surface area contributed by atoms with Gasteiger partial charge in [0.1, 0.15) is 11.4 Å². The molecule has 2 aliphatic carbocycles. The van der Waals surface area contributed by atoms with E-state index in [2.05, 4.69) is 4.90 Å². The van der Waals surface area contributed by atoms with Gasteiger partial charge in [-0.1, -0.05) is 19.4 Å². The van der Waals surface area contributed by atoms with E-state index in [4.69, 9.17) is 37.9 Å². The molecule has 5 rings (SSSR count). The van der Waals surface area contributed by atoms with Crippen molar-refractivity contribution in [1.82, 2.24) is 4.90 Å². The van der Waals surface area contributed by atoms with Crippen LogP contribution >= 0.6 is 0 Å². The highest BCUT2D eigenvalue weighted by Gasteiger charge is 2.72. The van der Waals surface area contributed by atoms with Crippen LogP contribution in [-0.2, 0) is 64.2 Å². The van der Waals surface area contributed by atoms with Gasteiger partial charge in [-0.2, -0.15) is 0 Å². The minimum atomic E-state index is -2.19. The fourth-order valence-electron chi connectivity index (χ4n) is 7.59. The molecule has 1 aromatic rings. The van der Waals surface area contributed by atoms with Crippen LogP contribution in [0.1, 0.15) is 85.3 Å². The molecule has 1 saturated heterocycles. The standard InChI is InChI=1S/C37H47NO15/c1-9-10-17-46-31(41)19(2)47-32(42)28(48-20(3)39)29(49-21(4)40)33(43)50-24-13-14-37(45)25-18-22-11-12-23(51-34(44)53-35(5,6)7)27-26(22)36(37,30(24)52-27)15-16-38(25)8/h11-13,19,25,28-30,45H,9-10,14-18H2,1-8H3/t19-,25+,28+,29+,30-,36-,37+/m0/s1. The van der Waals surface area contributed by atoms with Crippen molar-refractivity contribution in [3.63, 3.8) is 0 Å². The predicted octanol–water partition coefficient (Wildman–Crippen LogP) is 2.96. The van der Waals surface area contributed by atoms with E-state index < -0.39 is 77.0 Å². The van der Waals surface area contributed by atoms with Crippen molar-refractivity contribution in [2.24, 2.45) is 0 Å². The fraction of sp³-hybridized carbons (Fsp3) is 0.622. The maximum absolute atomic E-state index is 14.0. The molecule has 2 bridgehead atoms. The second-order valence-electron chi connectivity index (χ2n) is 14.7. The number of hydrogen-bond donors (Lipinski definition) is 1. The fourth-order valence-corrected chi connectivity index (χ4v) is 7.59. The van der Waals surface area contributed by atoms with E-state index in [1.165, 1.54) is 13.0 Å². The number of ether oxygens (including phenoxy) is 8. The molecule has 1 fully saturated rings. The van der Waals surface area contributed by atoms with Crippen LogP contribution in [0.15, 0.2) is 24.0 Å². The SMILES string of the molecule is CCCCOC(=O)[C@H](C)OC(=O)[C@H](OC(C)=O)[C@@H](OC(C)=O)C(=O)OC1=CC[C@@]2(O)[C@H]3Cc4ccc(OC(=O)OC(C)(C)C)c5c4[C@@]2(CCN3C)[C@H]1O5. The molecule has 7 atom stereocenters. The Morgan fingerprint density at radius 2 is 1.64 bits per heavy atom.